The summed E-state index contributed by atoms with van der Waals surface area (Å²) in [5.41, 5.74) is 13.5. The van der Waals surface area contributed by atoms with Crippen molar-refractivity contribution >= 4 is 45.5 Å². The van der Waals surface area contributed by atoms with Gasteiger partial charge in [0.25, 0.3) is 0 Å². The largest absolute Gasteiger partial charge is 0.759 e. The van der Waals surface area contributed by atoms with Crippen molar-refractivity contribution in [3.63, 3.8) is 0 Å². The van der Waals surface area contributed by atoms with Gasteiger partial charge in [-0.15, -0.1) is 0 Å². The molecular weight excluding hydrogens is 599 g/mol. The van der Waals surface area contributed by atoms with Crippen LogP contribution in [0.25, 0.3) is 0 Å². The summed E-state index contributed by atoms with van der Waals surface area (Å²) in [6.07, 6.45) is 0. The third kappa shape index (κ3) is 16.3. The third-order valence-electron chi connectivity index (χ3n) is 6.06. The summed E-state index contributed by atoms with van der Waals surface area (Å²) in [5.74, 6) is 0.354. The molecule has 232 valence electrons. The molecule has 0 atom stereocenters. The molecule has 0 saturated carbocycles. The normalized spacial score (nSPS) is 15.6. The lowest BCUT2D eigenvalue weighted by atomic mass is 10.2. The Labute approximate surface area is 250 Å². The molecule has 14 nitrogen and oxygen atoms in total. The van der Waals surface area contributed by atoms with Crippen molar-refractivity contribution < 1.29 is 28.5 Å². The highest BCUT2D eigenvalue weighted by molar-refractivity contribution is 7.79. The maximum Gasteiger partial charge on any atom is 0.188 e. The number of halogens is 2. The Balaban J connectivity index is 0.000000644. The fraction of sp³-hybridized carbons (Fsp3) is 0.417. The molecule has 2 saturated heterocycles. The van der Waals surface area contributed by atoms with Crippen molar-refractivity contribution in [3.8, 4) is 0 Å². The lowest BCUT2D eigenvalue weighted by molar-refractivity contribution is 0.174. The fourth-order valence-corrected chi connectivity index (χ4v) is 4.24. The number of nitrogens with two attached hydrogens (primary N) is 2. The minimum Gasteiger partial charge on any atom is -0.759 e. The van der Waals surface area contributed by atoms with Crippen LogP contribution in [-0.4, -0.2) is 112 Å². The van der Waals surface area contributed by atoms with Crippen molar-refractivity contribution in [1.29, 1.82) is 10.8 Å². The molecule has 2 aliphatic rings. The molecule has 2 aromatic rings. The SMILES string of the molecule is N=C(N)N1CCN(Cc2ccc(Cl)cc2)CC1.N=C(N)N1CCN(Cc2ccc(Cl)cc2)CC1.O.O.O=S(=O)([O-])[O-]. The summed E-state index contributed by atoms with van der Waals surface area (Å²) in [7, 11) is -5.17. The van der Waals surface area contributed by atoms with E-state index < -0.39 is 10.4 Å². The zero-order valence-corrected chi connectivity index (χ0v) is 24.8. The molecule has 4 rings (SSSR count). The molecule has 2 aromatic carbocycles. The second-order valence-corrected chi connectivity index (χ2v) is 10.6. The van der Waals surface area contributed by atoms with E-state index in [-0.39, 0.29) is 22.9 Å². The predicted octanol–water partition coefficient (Wildman–Crippen LogP) is -0.285. The van der Waals surface area contributed by atoms with Crippen molar-refractivity contribution in [2.75, 3.05) is 52.4 Å². The monoisotopic (exact) mass is 636 g/mol. The second-order valence-electron chi connectivity index (χ2n) is 8.96. The molecule has 0 amide bonds. The highest BCUT2D eigenvalue weighted by Crippen LogP contribution is 2.14. The first-order valence-electron chi connectivity index (χ1n) is 12.1. The summed E-state index contributed by atoms with van der Waals surface area (Å²) >= 11 is 11.7. The zero-order valence-electron chi connectivity index (χ0n) is 22.4. The van der Waals surface area contributed by atoms with Crippen molar-refractivity contribution in [2.45, 2.75) is 13.1 Å². The Morgan fingerprint density at radius 3 is 1.12 bits per heavy atom. The number of nitrogens with one attached hydrogen (secondary N) is 2. The van der Waals surface area contributed by atoms with Crippen LogP contribution in [0.1, 0.15) is 11.1 Å². The van der Waals surface area contributed by atoms with E-state index in [9.17, 15) is 0 Å². The van der Waals surface area contributed by atoms with Crippen LogP contribution < -0.4 is 11.5 Å². The summed E-state index contributed by atoms with van der Waals surface area (Å²) < 4.78 is 34.1. The molecule has 0 spiro atoms. The van der Waals surface area contributed by atoms with E-state index in [1.54, 1.807) is 0 Å². The van der Waals surface area contributed by atoms with Gasteiger partial charge in [-0.2, -0.15) is 0 Å². The van der Waals surface area contributed by atoms with E-state index in [1.807, 2.05) is 34.1 Å². The molecule has 0 radical (unpaired) electrons. The molecule has 10 N–H and O–H groups in total. The van der Waals surface area contributed by atoms with Crippen LogP contribution in [0.3, 0.4) is 0 Å². The van der Waals surface area contributed by atoms with Gasteiger partial charge in [0.1, 0.15) is 0 Å². The van der Waals surface area contributed by atoms with E-state index in [0.717, 1.165) is 75.5 Å². The summed E-state index contributed by atoms with van der Waals surface area (Å²) in [5, 5.41) is 16.3. The van der Waals surface area contributed by atoms with Crippen molar-refractivity contribution in [1.82, 2.24) is 19.6 Å². The number of hydrogen-bond donors (Lipinski definition) is 4. The van der Waals surface area contributed by atoms with E-state index in [4.69, 9.17) is 63.0 Å². The molecule has 2 aliphatic heterocycles. The molecule has 2 fully saturated rings. The van der Waals surface area contributed by atoms with Crippen LogP contribution in [0.4, 0.5) is 0 Å². The average Bonchev–Trinajstić information content (AvgIpc) is 2.87. The Kier molecular flexibility index (Phi) is 17.4. The molecule has 0 aromatic heterocycles. The third-order valence-corrected chi connectivity index (χ3v) is 6.57. The van der Waals surface area contributed by atoms with E-state index in [0.29, 0.717) is 0 Å². The minimum atomic E-state index is -5.17. The van der Waals surface area contributed by atoms with Gasteiger partial charge in [-0.3, -0.25) is 29.0 Å². The molecule has 2 heterocycles. The lowest BCUT2D eigenvalue weighted by Gasteiger charge is -2.34. The van der Waals surface area contributed by atoms with Crippen LogP contribution in [0.2, 0.25) is 10.0 Å². The summed E-state index contributed by atoms with van der Waals surface area (Å²) in [6.45, 7) is 9.00. The first-order valence-corrected chi connectivity index (χ1v) is 14.2. The smallest absolute Gasteiger partial charge is 0.188 e. The maximum atomic E-state index is 8.52. The van der Waals surface area contributed by atoms with Gasteiger partial charge < -0.3 is 41.3 Å². The Hall–Kier alpha value is -2.73. The molecule has 17 heteroatoms. The van der Waals surface area contributed by atoms with E-state index >= 15 is 0 Å². The number of nitrogens with zero attached hydrogens (tertiary/aromatic N) is 4. The van der Waals surface area contributed by atoms with Crippen LogP contribution in [0, 0.1) is 10.8 Å². The maximum absolute atomic E-state index is 8.52. The summed E-state index contributed by atoms with van der Waals surface area (Å²) in [6, 6.07) is 15.9. The Morgan fingerprint density at radius 2 is 0.902 bits per heavy atom. The van der Waals surface area contributed by atoms with Gasteiger partial charge in [0.2, 0.25) is 0 Å². The highest BCUT2D eigenvalue weighted by Gasteiger charge is 2.18. The van der Waals surface area contributed by atoms with Crippen LogP contribution in [-0.2, 0) is 23.5 Å². The van der Waals surface area contributed by atoms with Gasteiger partial charge in [0.15, 0.2) is 11.9 Å². The van der Waals surface area contributed by atoms with Gasteiger partial charge in [-0.1, -0.05) is 47.5 Å². The standard InChI is InChI=1S/2C12H17ClN4.H2O4S.2H2O/c2*13-11-3-1-10(2-4-11)9-16-5-7-17(8-6-16)12(14)15;1-5(2,3)4;;/h2*1-4H,5-9H2,(H3,14,15);(H2,1,2,3,4);2*1H2/p-2. The molecule has 0 bridgehead atoms. The van der Waals surface area contributed by atoms with Gasteiger partial charge >= 0.3 is 0 Å². The van der Waals surface area contributed by atoms with Crippen LogP contribution >= 0.6 is 23.2 Å². The molecule has 0 aliphatic carbocycles. The number of benzene rings is 2. The van der Waals surface area contributed by atoms with E-state index in [2.05, 4.69) is 34.1 Å². The average molecular weight is 638 g/mol. The number of piperazine rings is 2. The van der Waals surface area contributed by atoms with Gasteiger partial charge in [-0.25, -0.2) is 0 Å². The van der Waals surface area contributed by atoms with Crippen LogP contribution in [0.15, 0.2) is 48.5 Å². The predicted molar refractivity (Wildman–Crippen MR) is 158 cm³/mol. The molecular formula is C24H38Cl2N8O6S-2. The highest BCUT2D eigenvalue weighted by atomic mass is 35.5. The quantitative estimate of drug-likeness (QED) is 0.147. The van der Waals surface area contributed by atoms with Crippen LogP contribution in [0.5, 0.6) is 0 Å². The number of rotatable bonds is 4. The van der Waals surface area contributed by atoms with Gasteiger partial charge in [0.05, 0.1) is 0 Å². The summed E-state index contributed by atoms with van der Waals surface area (Å²) in [4.78, 5) is 8.53. The Bertz CT molecular complexity index is 1070. The topological polar surface area (TPSA) is 256 Å². The first-order chi connectivity index (χ1) is 18.3. The number of guanidine groups is 2. The zero-order chi connectivity index (χ0) is 29.0. The Morgan fingerprint density at radius 1 is 0.659 bits per heavy atom. The van der Waals surface area contributed by atoms with Gasteiger partial charge in [0, 0.05) is 85.9 Å². The van der Waals surface area contributed by atoms with Crippen molar-refractivity contribution in [3.05, 3.63) is 69.7 Å². The molecule has 41 heavy (non-hydrogen) atoms. The van der Waals surface area contributed by atoms with Crippen molar-refractivity contribution in [2.24, 2.45) is 11.5 Å². The molecule has 0 unspecified atom stereocenters. The number of hydrogen-bond acceptors (Lipinski definition) is 8. The first kappa shape index (κ1) is 38.3. The van der Waals surface area contributed by atoms with Gasteiger partial charge in [-0.05, 0) is 35.4 Å². The van der Waals surface area contributed by atoms with E-state index in [1.165, 1.54) is 11.1 Å². The fourth-order valence-electron chi connectivity index (χ4n) is 3.99. The second kappa shape index (κ2) is 18.7. The lowest BCUT2D eigenvalue weighted by Crippen LogP contribution is -2.50. The minimum absolute atomic E-state index is 0.